The smallest absolute Gasteiger partial charge is 0.335 e. The van der Waals surface area contributed by atoms with Crippen LogP contribution in [0.1, 0.15) is 17.3 Å². The summed E-state index contributed by atoms with van der Waals surface area (Å²) in [5, 5.41) is 20.7. The van der Waals surface area contributed by atoms with Gasteiger partial charge in [-0.05, 0) is 25.1 Å². The SMILES string of the molecule is C/C=C/C=C/C(=O)Nc1cc(C(=O)O)ccc1O. The van der Waals surface area contributed by atoms with Crippen LogP contribution < -0.4 is 5.32 Å². The third-order valence-electron chi connectivity index (χ3n) is 2.05. The fraction of sp³-hybridized carbons (Fsp3) is 0.0769. The summed E-state index contributed by atoms with van der Waals surface area (Å²) >= 11 is 0. The van der Waals surface area contributed by atoms with Gasteiger partial charge in [-0.25, -0.2) is 4.79 Å². The second kappa shape index (κ2) is 6.24. The number of hydrogen-bond donors (Lipinski definition) is 3. The summed E-state index contributed by atoms with van der Waals surface area (Å²) in [5.41, 5.74) is 0.0468. The highest BCUT2D eigenvalue weighted by molar-refractivity contribution is 6.01. The molecule has 0 saturated carbocycles. The molecule has 3 N–H and O–H groups in total. The van der Waals surface area contributed by atoms with Crippen LogP contribution in [-0.2, 0) is 4.79 Å². The molecule has 0 aromatic heterocycles. The first-order valence-corrected chi connectivity index (χ1v) is 5.21. The van der Waals surface area contributed by atoms with Crippen molar-refractivity contribution in [2.24, 2.45) is 0 Å². The number of allylic oxidation sites excluding steroid dienone is 3. The highest BCUT2D eigenvalue weighted by Crippen LogP contribution is 2.24. The molecule has 0 bridgehead atoms. The number of carbonyl (C=O) groups is 2. The molecule has 1 aromatic rings. The average Bonchev–Trinajstić information content (AvgIpc) is 2.32. The largest absolute Gasteiger partial charge is 0.506 e. The Morgan fingerprint density at radius 2 is 2.00 bits per heavy atom. The first kappa shape index (κ1) is 13.5. The molecule has 0 aliphatic carbocycles. The average molecular weight is 247 g/mol. The van der Waals surface area contributed by atoms with Gasteiger partial charge in [0, 0.05) is 6.08 Å². The fourth-order valence-electron chi connectivity index (χ4n) is 1.20. The number of phenolic OH excluding ortho intramolecular Hbond substituents is 1. The Hall–Kier alpha value is -2.56. The molecule has 0 fully saturated rings. The van der Waals surface area contributed by atoms with E-state index < -0.39 is 11.9 Å². The summed E-state index contributed by atoms with van der Waals surface area (Å²) in [6.07, 6.45) is 6.24. The molecule has 1 rings (SSSR count). The summed E-state index contributed by atoms with van der Waals surface area (Å²) < 4.78 is 0. The van der Waals surface area contributed by atoms with Crippen LogP contribution in [0.3, 0.4) is 0 Å². The maximum absolute atomic E-state index is 11.4. The number of amides is 1. The van der Waals surface area contributed by atoms with E-state index >= 15 is 0 Å². The van der Waals surface area contributed by atoms with Crippen molar-refractivity contribution < 1.29 is 19.8 Å². The number of benzene rings is 1. The number of carboxylic acid groups (broad SMARTS) is 1. The van der Waals surface area contributed by atoms with Crippen molar-refractivity contribution in [3.05, 3.63) is 48.1 Å². The van der Waals surface area contributed by atoms with Crippen molar-refractivity contribution in [1.29, 1.82) is 0 Å². The van der Waals surface area contributed by atoms with Gasteiger partial charge < -0.3 is 15.5 Å². The van der Waals surface area contributed by atoms with Crippen LogP contribution in [0.5, 0.6) is 5.75 Å². The maximum Gasteiger partial charge on any atom is 0.335 e. The number of nitrogens with one attached hydrogen (secondary N) is 1. The first-order valence-electron chi connectivity index (χ1n) is 5.21. The van der Waals surface area contributed by atoms with Crippen molar-refractivity contribution in [2.75, 3.05) is 5.32 Å². The van der Waals surface area contributed by atoms with Crippen molar-refractivity contribution in [2.45, 2.75) is 6.92 Å². The Balaban J connectivity index is 2.86. The van der Waals surface area contributed by atoms with E-state index in [1.54, 1.807) is 12.2 Å². The Morgan fingerprint density at radius 3 is 2.61 bits per heavy atom. The van der Waals surface area contributed by atoms with Gasteiger partial charge in [-0.3, -0.25) is 4.79 Å². The minimum Gasteiger partial charge on any atom is -0.506 e. The van der Waals surface area contributed by atoms with Crippen molar-refractivity contribution in [1.82, 2.24) is 0 Å². The minimum atomic E-state index is -1.13. The second-order valence-corrected chi connectivity index (χ2v) is 3.41. The van der Waals surface area contributed by atoms with Crippen LogP contribution in [0.25, 0.3) is 0 Å². The fourth-order valence-corrected chi connectivity index (χ4v) is 1.20. The topological polar surface area (TPSA) is 86.6 Å². The van der Waals surface area contributed by atoms with Gasteiger partial charge in [0.1, 0.15) is 5.75 Å². The molecular formula is C13H13NO4. The highest BCUT2D eigenvalue weighted by Gasteiger charge is 2.09. The quantitative estimate of drug-likeness (QED) is 0.432. The van der Waals surface area contributed by atoms with E-state index in [1.165, 1.54) is 30.4 Å². The van der Waals surface area contributed by atoms with E-state index in [0.717, 1.165) is 0 Å². The number of phenols is 1. The lowest BCUT2D eigenvalue weighted by atomic mass is 10.2. The Morgan fingerprint density at radius 1 is 1.28 bits per heavy atom. The third-order valence-corrected chi connectivity index (χ3v) is 2.05. The molecule has 0 aliphatic heterocycles. The molecule has 0 spiro atoms. The molecule has 1 aromatic carbocycles. The number of anilines is 1. The van der Waals surface area contributed by atoms with E-state index in [1.807, 2.05) is 6.92 Å². The monoisotopic (exact) mass is 247 g/mol. The van der Waals surface area contributed by atoms with Gasteiger partial charge >= 0.3 is 5.97 Å². The Bertz CT molecular complexity index is 518. The molecule has 18 heavy (non-hydrogen) atoms. The molecule has 1 amide bonds. The van der Waals surface area contributed by atoms with Gasteiger partial charge in [0.05, 0.1) is 11.3 Å². The summed E-state index contributed by atoms with van der Waals surface area (Å²) in [7, 11) is 0. The lowest BCUT2D eigenvalue weighted by Gasteiger charge is -2.05. The van der Waals surface area contributed by atoms with Crippen LogP contribution in [0.4, 0.5) is 5.69 Å². The van der Waals surface area contributed by atoms with Crippen LogP contribution in [0.2, 0.25) is 0 Å². The van der Waals surface area contributed by atoms with Gasteiger partial charge in [0.25, 0.3) is 0 Å². The number of carbonyl (C=O) groups excluding carboxylic acids is 1. The molecule has 0 saturated heterocycles. The van der Waals surface area contributed by atoms with E-state index in [4.69, 9.17) is 5.11 Å². The Kier molecular flexibility index (Phi) is 4.68. The summed E-state index contributed by atoms with van der Waals surface area (Å²) in [6, 6.07) is 3.66. The molecule has 0 aliphatic rings. The standard InChI is InChI=1S/C13H13NO4/c1-2-3-4-5-12(16)14-10-8-9(13(17)18)6-7-11(10)15/h2-8,15H,1H3,(H,14,16)(H,17,18)/b3-2+,5-4+. The molecule has 0 atom stereocenters. The summed E-state index contributed by atoms with van der Waals surface area (Å²) in [5.74, 6) is -1.77. The Labute approximate surface area is 104 Å². The zero-order chi connectivity index (χ0) is 13.5. The summed E-state index contributed by atoms with van der Waals surface area (Å²) in [4.78, 5) is 22.2. The highest BCUT2D eigenvalue weighted by atomic mass is 16.4. The molecule has 94 valence electrons. The van der Waals surface area contributed by atoms with Gasteiger partial charge in [0.2, 0.25) is 5.91 Å². The number of aromatic hydroxyl groups is 1. The molecule has 5 nitrogen and oxygen atoms in total. The van der Waals surface area contributed by atoms with Gasteiger partial charge in [-0.2, -0.15) is 0 Å². The van der Waals surface area contributed by atoms with Crippen LogP contribution in [0.15, 0.2) is 42.5 Å². The van der Waals surface area contributed by atoms with Crippen LogP contribution in [-0.4, -0.2) is 22.1 Å². The first-order chi connectivity index (χ1) is 8.54. The van der Waals surface area contributed by atoms with Gasteiger partial charge in [-0.15, -0.1) is 0 Å². The van der Waals surface area contributed by atoms with Crippen molar-refractivity contribution >= 4 is 17.6 Å². The van der Waals surface area contributed by atoms with Gasteiger partial charge in [0.15, 0.2) is 0 Å². The van der Waals surface area contributed by atoms with Crippen molar-refractivity contribution in [3.63, 3.8) is 0 Å². The molecule has 5 heteroatoms. The number of hydrogen-bond acceptors (Lipinski definition) is 3. The normalized spacial score (nSPS) is 10.9. The maximum atomic E-state index is 11.4. The molecule has 0 heterocycles. The summed E-state index contributed by atoms with van der Waals surface area (Å²) in [6.45, 7) is 1.81. The van der Waals surface area contributed by atoms with Crippen LogP contribution >= 0.6 is 0 Å². The van der Waals surface area contributed by atoms with Crippen molar-refractivity contribution in [3.8, 4) is 5.75 Å². The number of rotatable bonds is 4. The molecular weight excluding hydrogens is 234 g/mol. The molecule has 0 unspecified atom stereocenters. The lowest BCUT2D eigenvalue weighted by Crippen LogP contribution is -2.09. The molecule has 0 radical (unpaired) electrons. The predicted octanol–water partition coefficient (Wildman–Crippen LogP) is 2.16. The number of aromatic carboxylic acids is 1. The zero-order valence-electron chi connectivity index (χ0n) is 9.75. The lowest BCUT2D eigenvalue weighted by molar-refractivity contribution is -0.111. The number of carboxylic acids is 1. The van der Waals surface area contributed by atoms with Crippen LogP contribution in [0, 0.1) is 0 Å². The van der Waals surface area contributed by atoms with E-state index in [9.17, 15) is 14.7 Å². The van der Waals surface area contributed by atoms with E-state index in [2.05, 4.69) is 5.32 Å². The van der Waals surface area contributed by atoms with E-state index in [-0.39, 0.29) is 17.0 Å². The third kappa shape index (κ3) is 3.79. The van der Waals surface area contributed by atoms with E-state index in [0.29, 0.717) is 0 Å². The zero-order valence-corrected chi connectivity index (χ0v) is 9.75. The second-order valence-electron chi connectivity index (χ2n) is 3.41. The minimum absolute atomic E-state index is 0.0134. The predicted molar refractivity (Wildman–Crippen MR) is 67.6 cm³/mol. The van der Waals surface area contributed by atoms with Gasteiger partial charge in [-0.1, -0.05) is 18.2 Å².